The fourth-order valence-electron chi connectivity index (χ4n) is 2.85. The number of nitrogens with two attached hydrogens (primary N) is 1. The van der Waals surface area contributed by atoms with E-state index in [0.717, 1.165) is 6.04 Å². The van der Waals surface area contributed by atoms with Crippen LogP contribution in [0.2, 0.25) is 0 Å². The number of hydrogen-bond acceptors (Lipinski definition) is 2. The summed E-state index contributed by atoms with van der Waals surface area (Å²) in [5, 5.41) is 0. The zero-order valence-electron chi connectivity index (χ0n) is 11.5. The van der Waals surface area contributed by atoms with Crippen LogP contribution in [0.5, 0.6) is 0 Å². The van der Waals surface area contributed by atoms with Crippen LogP contribution < -0.4 is 5.73 Å². The van der Waals surface area contributed by atoms with Crippen molar-refractivity contribution in [3.8, 4) is 0 Å². The largest absolute Gasteiger partial charge is 0.328 e. The molecule has 0 aromatic heterocycles. The summed E-state index contributed by atoms with van der Waals surface area (Å²) in [6.07, 6.45) is 12.2. The third-order valence-electron chi connectivity index (χ3n) is 4.02. The van der Waals surface area contributed by atoms with E-state index in [1.54, 1.807) is 0 Å². The van der Waals surface area contributed by atoms with Gasteiger partial charge in [-0.3, -0.25) is 0 Å². The van der Waals surface area contributed by atoms with Crippen molar-refractivity contribution in [2.75, 3.05) is 13.1 Å². The van der Waals surface area contributed by atoms with E-state index in [1.165, 1.54) is 64.5 Å². The lowest BCUT2D eigenvalue weighted by Crippen LogP contribution is -2.41. The van der Waals surface area contributed by atoms with Crippen LogP contribution >= 0.6 is 0 Å². The van der Waals surface area contributed by atoms with E-state index in [4.69, 9.17) is 5.73 Å². The molecule has 0 aliphatic heterocycles. The fraction of sp³-hybridized carbons (Fsp3) is 0.867. The molecule has 1 aliphatic rings. The van der Waals surface area contributed by atoms with Crippen molar-refractivity contribution in [2.45, 2.75) is 70.4 Å². The van der Waals surface area contributed by atoms with Crippen LogP contribution in [0.3, 0.4) is 0 Å². The van der Waals surface area contributed by atoms with Gasteiger partial charge in [-0.05, 0) is 58.0 Å². The van der Waals surface area contributed by atoms with Crippen molar-refractivity contribution in [1.29, 1.82) is 0 Å². The van der Waals surface area contributed by atoms with E-state index in [-0.39, 0.29) is 0 Å². The number of allylic oxidation sites excluding steroid dienone is 1. The predicted molar refractivity (Wildman–Crippen MR) is 76.1 cm³/mol. The zero-order valence-corrected chi connectivity index (χ0v) is 11.5. The molecule has 0 radical (unpaired) electrons. The van der Waals surface area contributed by atoms with E-state index in [1.807, 2.05) is 6.08 Å². The van der Waals surface area contributed by atoms with Gasteiger partial charge >= 0.3 is 0 Å². The number of nitrogens with zero attached hydrogens (tertiary/aromatic N) is 1. The average molecular weight is 238 g/mol. The summed E-state index contributed by atoms with van der Waals surface area (Å²) in [5.74, 6) is 0. The molecule has 0 saturated heterocycles. The molecule has 1 aliphatic carbocycles. The number of hydrogen-bond donors (Lipinski definition) is 1. The first-order valence-corrected chi connectivity index (χ1v) is 7.38. The van der Waals surface area contributed by atoms with E-state index in [0.29, 0.717) is 6.04 Å². The summed E-state index contributed by atoms with van der Waals surface area (Å²) in [7, 11) is 0. The molecule has 17 heavy (non-hydrogen) atoms. The SMILES string of the molecule is C=CCCCCCN(CC)C1CCC(N)CC1. The second-order valence-electron chi connectivity index (χ2n) is 5.34. The molecule has 0 aromatic rings. The van der Waals surface area contributed by atoms with Gasteiger partial charge in [0.1, 0.15) is 0 Å². The summed E-state index contributed by atoms with van der Waals surface area (Å²) >= 11 is 0. The molecule has 1 fully saturated rings. The van der Waals surface area contributed by atoms with Crippen molar-refractivity contribution in [3.05, 3.63) is 12.7 Å². The lowest BCUT2D eigenvalue weighted by atomic mass is 9.90. The highest BCUT2D eigenvalue weighted by atomic mass is 15.1. The van der Waals surface area contributed by atoms with Crippen LogP contribution in [-0.4, -0.2) is 30.1 Å². The topological polar surface area (TPSA) is 29.3 Å². The van der Waals surface area contributed by atoms with Gasteiger partial charge in [-0.2, -0.15) is 0 Å². The summed E-state index contributed by atoms with van der Waals surface area (Å²) < 4.78 is 0. The highest BCUT2D eigenvalue weighted by molar-refractivity contribution is 4.80. The first kappa shape index (κ1) is 14.7. The third kappa shape index (κ3) is 5.69. The summed E-state index contributed by atoms with van der Waals surface area (Å²) in [4.78, 5) is 2.67. The Bertz CT molecular complexity index is 195. The first-order chi connectivity index (χ1) is 8.27. The van der Waals surface area contributed by atoms with Crippen LogP contribution in [0.4, 0.5) is 0 Å². The molecule has 0 heterocycles. The van der Waals surface area contributed by atoms with Gasteiger partial charge in [0.05, 0.1) is 0 Å². The van der Waals surface area contributed by atoms with Gasteiger partial charge in [-0.25, -0.2) is 0 Å². The standard InChI is InChI=1S/C15H30N2/c1-3-5-6-7-8-13-17(4-2)15-11-9-14(16)10-12-15/h3,14-15H,1,4-13,16H2,2H3. The van der Waals surface area contributed by atoms with Crippen molar-refractivity contribution in [2.24, 2.45) is 5.73 Å². The molecule has 1 rings (SSSR count). The molecule has 2 nitrogen and oxygen atoms in total. The number of unbranched alkanes of at least 4 members (excludes halogenated alkanes) is 3. The van der Waals surface area contributed by atoms with E-state index < -0.39 is 0 Å². The maximum atomic E-state index is 5.97. The molecule has 2 N–H and O–H groups in total. The molecule has 0 unspecified atom stereocenters. The van der Waals surface area contributed by atoms with Crippen LogP contribution in [-0.2, 0) is 0 Å². The van der Waals surface area contributed by atoms with Crippen LogP contribution in [0.25, 0.3) is 0 Å². The zero-order chi connectivity index (χ0) is 12.5. The molecule has 100 valence electrons. The summed E-state index contributed by atoms with van der Waals surface area (Å²) in [6.45, 7) is 8.52. The smallest absolute Gasteiger partial charge is 0.00962 e. The van der Waals surface area contributed by atoms with Crippen molar-refractivity contribution in [3.63, 3.8) is 0 Å². The van der Waals surface area contributed by atoms with E-state index >= 15 is 0 Å². The maximum Gasteiger partial charge on any atom is 0.00962 e. The van der Waals surface area contributed by atoms with Crippen LogP contribution in [0, 0.1) is 0 Å². The molecule has 0 atom stereocenters. The Hall–Kier alpha value is -0.340. The maximum absolute atomic E-state index is 5.97. The van der Waals surface area contributed by atoms with Gasteiger partial charge in [0, 0.05) is 12.1 Å². The Morgan fingerprint density at radius 2 is 1.88 bits per heavy atom. The first-order valence-electron chi connectivity index (χ1n) is 7.38. The Morgan fingerprint density at radius 1 is 1.18 bits per heavy atom. The highest BCUT2D eigenvalue weighted by Gasteiger charge is 2.22. The predicted octanol–water partition coefficient (Wildman–Crippen LogP) is 3.32. The molecule has 0 spiro atoms. The lowest BCUT2D eigenvalue weighted by Gasteiger charge is -2.35. The Morgan fingerprint density at radius 3 is 2.47 bits per heavy atom. The van der Waals surface area contributed by atoms with Crippen molar-refractivity contribution >= 4 is 0 Å². The molecule has 1 saturated carbocycles. The minimum Gasteiger partial charge on any atom is -0.328 e. The molecule has 0 aromatic carbocycles. The second kappa shape index (κ2) is 8.71. The second-order valence-corrected chi connectivity index (χ2v) is 5.34. The van der Waals surface area contributed by atoms with Gasteiger partial charge < -0.3 is 10.6 Å². The van der Waals surface area contributed by atoms with Crippen molar-refractivity contribution in [1.82, 2.24) is 4.90 Å². The summed E-state index contributed by atoms with van der Waals surface area (Å²) in [5.41, 5.74) is 5.97. The van der Waals surface area contributed by atoms with Crippen LogP contribution in [0.15, 0.2) is 12.7 Å². The van der Waals surface area contributed by atoms with E-state index in [9.17, 15) is 0 Å². The highest BCUT2D eigenvalue weighted by Crippen LogP contribution is 2.22. The Balaban J connectivity index is 2.16. The Kier molecular flexibility index (Phi) is 7.54. The van der Waals surface area contributed by atoms with Crippen molar-refractivity contribution < 1.29 is 0 Å². The summed E-state index contributed by atoms with van der Waals surface area (Å²) in [6, 6.07) is 1.27. The van der Waals surface area contributed by atoms with Gasteiger partial charge in [-0.1, -0.05) is 19.4 Å². The van der Waals surface area contributed by atoms with Crippen LogP contribution in [0.1, 0.15) is 58.3 Å². The lowest BCUT2D eigenvalue weighted by molar-refractivity contribution is 0.154. The molecular weight excluding hydrogens is 208 g/mol. The van der Waals surface area contributed by atoms with E-state index in [2.05, 4.69) is 18.4 Å². The molecule has 0 bridgehead atoms. The normalized spacial score (nSPS) is 25.1. The quantitative estimate of drug-likeness (QED) is 0.519. The molecule has 2 heteroatoms. The molecular formula is C15H30N2. The van der Waals surface area contributed by atoms with Gasteiger partial charge in [0.25, 0.3) is 0 Å². The average Bonchev–Trinajstić information content (AvgIpc) is 2.35. The molecule has 0 amide bonds. The monoisotopic (exact) mass is 238 g/mol. The van der Waals surface area contributed by atoms with Gasteiger partial charge in [0.15, 0.2) is 0 Å². The van der Waals surface area contributed by atoms with Gasteiger partial charge in [-0.15, -0.1) is 6.58 Å². The Labute approximate surface area is 107 Å². The minimum absolute atomic E-state index is 0.470. The number of rotatable bonds is 8. The third-order valence-corrected chi connectivity index (χ3v) is 4.02. The fourth-order valence-corrected chi connectivity index (χ4v) is 2.85. The minimum atomic E-state index is 0.470. The van der Waals surface area contributed by atoms with Gasteiger partial charge in [0.2, 0.25) is 0 Å².